The summed E-state index contributed by atoms with van der Waals surface area (Å²) < 4.78 is 1.02. The summed E-state index contributed by atoms with van der Waals surface area (Å²) in [6, 6.07) is 8.14. The molecule has 17 heavy (non-hydrogen) atoms. The number of halogens is 1. The van der Waals surface area contributed by atoms with Gasteiger partial charge in [0, 0.05) is 16.7 Å². The van der Waals surface area contributed by atoms with Crippen molar-refractivity contribution in [3.63, 3.8) is 0 Å². The van der Waals surface area contributed by atoms with E-state index in [4.69, 9.17) is 0 Å². The van der Waals surface area contributed by atoms with E-state index in [-0.39, 0.29) is 5.91 Å². The van der Waals surface area contributed by atoms with Crippen LogP contribution in [0.4, 0.5) is 0 Å². The second-order valence-electron chi connectivity index (χ2n) is 4.38. The maximum atomic E-state index is 12.4. The number of amides is 1. The van der Waals surface area contributed by atoms with Crippen molar-refractivity contribution in [2.45, 2.75) is 18.9 Å². The Balaban J connectivity index is 2.11. The Kier molecular flexibility index (Phi) is 4.39. The summed E-state index contributed by atoms with van der Waals surface area (Å²) >= 11 is 2.22. The third-order valence-corrected chi connectivity index (χ3v) is 4.22. The predicted octanol–water partition coefficient (Wildman–Crippen LogP) is 2.12. The molecule has 0 aliphatic carbocycles. The van der Waals surface area contributed by atoms with Crippen molar-refractivity contribution < 1.29 is 4.79 Å². The lowest BCUT2D eigenvalue weighted by atomic mass is 10.0. The molecule has 0 atom stereocenters. The van der Waals surface area contributed by atoms with Crippen LogP contribution in [0, 0.1) is 3.57 Å². The smallest absolute Gasteiger partial charge is 0.254 e. The molecule has 0 bridgehead atoms. The molecule has 1 aliphatic heterocycles. The second kappa shape index (κ2) is 5.82. The average molecular weight is 344 g/mol. The average Bonchev–Trinajstić information content (AvgIpc) is 2.39. The van der Waals surface area contributed by atoms with Gasteiger partial charge in [0.2, 0.25) is 0 Å². The molecule has 1 amide bonds. The number of hydrogen-bond donors (Lipinski definition) is 1. The van der Waals surface area contributed by atoms with Gasteiger partial charge in [-0.3, -0.25) is 4.79 Å². The monoisotopic (exact) mass is 344 g/mol. The normalized spacial score (nSPS) is 16.8. The fraction of sp³-hybridized carbons (Fsp3) is 0.462. The molecule has 0 unspecified atom stereocenters. The molecule has 1 aromatic carbocycles. The highest BCUT2D eigenvalue weighted by atomic mass is 127. The molecule has 1 aromatic rings. The Morgan fingerprint density at radius 3 is 2.65 bits per heavy atom. The molecule has 1 N–H and O–H groups in total. The van der Waals surface area contributed by atoms with Crippen LogP contribution in [0.3, 0.4) is 0 Å². The number of rotatable bonds is 2. The Hall–Kier alpha value is -0.620. The van der Waals surface area contributed by atoms with Gasteiger partial charge in [0.25, 0.3) is 5.91 Å². The van der Waals surface area contributed by atoms with E-state index in [0.717, 1.165) is 35.1 Å². The predicted molar refractivity (Wildman–Crippen MR) is 77.1 cm³/mol. The van der Waals surface area contributed by atoms with E-state index in [1.165, 1.54) is 0 Å². The minimum absolute atomic E-state index is 0.141. The van der Waals surface area contributed by atoms with Gasteiger partial charge in [0.15, 0.2) is 0 Å². The van der Waals surface area contributed by atoms with Crippen molar-refractivity contribution in [3.05, 3.63) is 33.4 Å². The zero-order chi connectivity index (χ0) is 12.3. The van der Waals surface area contributed by atoms with Crippen molar-refractivity contribution in [1.82, 2.24) is 10.2 Å². The van der Waals surface area contributed by atoms with E-state index in [1.54, 1.807) is 0 Å². The van der Waals surface area contributed by atoms with Gasteiger partial charge in [-0.25, -0.2) is 0 Å². The van der Waals surface area contributed by atoms with Gasteiger partial charge in [-0.15, -0.1) is 0 Å². The summed E-state index contributed by atoms with van der Waals surface area (Å²) in [5.74, 6) is 0.141. The van der Waals surface area contributed by atoms with Gasteiger partial charge in [-0.05, 0) is 60.7 Å². The third-order valence-electron chi connectivity index (χ3n) is 3.28. The molecule has 0 aromatic heterocycles. The fourth-order valence-electron chi connectivity index (χ4n) is 2.18. The molecule has 2 rings (SSSR count). The second-order valence-corrected chi connectivity index (χ2v) is 5.54. The van der Waals surface area contributed by atoms with E-state index in [0.29, 0.717) is 6.04 Å². The largest absolute Gasteiger partial charge is 0.339 e. The number of carbonyl (C=O) groups excluding carboxylic acids is 1. The van der Waals surface area contributed by atoms with Crippen molar-refractivity contribution in [3.8, 4) is 0 Å². The summed E-state index contributed by atoms with van der Waals surface area (Å²) in [7, 11) is 1.92. The summed E-state index contributed by atoms with van der Waals surface area (Å²) in [6.45, 7) is 2.02. The fourth-order valence-corrected chi connectivity index (χ4v) is 2.80. The first-order chi connectivity index (χ1) is 8.20. The summed E-state index contributed by atoms with van der Waals surface area (Å²) in [6.07, 6.45) is 2.09. The number of nitrogens with one attached hydrogen (secondary N) is 1. The lowest BCUT2D eigenvalue weighted by molar-refractivity contribution is 0.0702. The molecular formula is C13H17IN2O. The van der Waals surface area contributed by atoms with Crippen molar-refractivity contribution in [2.24, 2.45) is 0 Å². The Morgan fingerprint density at radius 2 is 2.00 bits per heavy atom. The quantitative estimate of drug-likeness (QED) is 0.834. The maximum Gasteiger partial charge on any atom is 0.254 e. The minimum atomic E-state index is 0.141. The first-order valence-electron chi connectivity index (χ1n) is 5.92. The first-order valence-corrected chi connectivity index (χ1v) is 7.00. The minimum Gasteiger partial charge on any atom is -0.339 e. The zero-order valence-electron chi connectivity index (χ0n) is 9.95. The number of piperidine rings is 1. The van der Waals surface area contributed by atoms with Crippen LogP contribution in [0.5, 0.6) is 0 Å². The molecule has 0 radical (unpaired) electrons. The number of hydrogen-bond acceptors (Lipinski definition) is 2. The molecular weight excluding hydrogens is 327 g/mol. The molecule has 1 heterocycles. The number of benzene rings is 1. The summed E-state index contributed by atoms with van der Waals surface area (Å²) in [4.78, 5) is 14.3. The van der Waals surface area contributed by atoms with Crippen molar-refractivity contribution in [2.75, 3.05) is 20.1 Å². The molecule has 1 fully saturated rings. The lowest BCUT2D eigenvalue weighted by Crippen LogP contribution is -2.44. The van der Waals surface area contributed by atoms with Gasteiger partial charge in [-0.2, -0.15) is 0 Å². The molecule has 92 valence electrons. The summed E-state index contributed by atoms with van der Waals surface area (Å²) in [5, 5.41) is 3.32. The molecule has 1 aliphatic rings. The van der Waals surface area contributed by atoms with Crippen LogP contribution in [0.2, 0.25) is 0 Å². The Labute approximate surface area is 116 Å². The first kappa shape index (κ1) is 12.8. The van der Waals surface area contributed by atoms with Gasteiger partial charge in [-0.1, -0.05) is 12.1 Å². The molecule has 3 nitrogen and oxygen atoms in total. The highest BCUT2D eigenvalue weighted by molar-refractivity contribution is 14.1. The Morgan fingerprint density at radius 1 is 1.35 bits per heavy atom. The molecule has 4 heteroatoms. The van der Waals surface area contributed by atoms with E-state index >= 15 is 0 Å². The van der Waals surface area contributed by atoms with Crippen LogP contribution < -0.4 is 5.32 Å². The highest BCUT2D eigenvalue weighted by Crippen LogP contribution is 2.17. The number of carbonyl (C=O) groups is 1. The van der Waals surface area contributed by atoms with Crippen LogP contribution in [-0.4, -0.2) is 37.0 Å². The highest BCUT2D eigenvalue weighted by Gasteiger charge is 2.23. The lowest BCUT2D eigenvalue weighted by Gasteiger charge is -2.31. The van der Waals surface area contributed by atoms with E-state index in [9.17, 15) is 4.79 Å². The van der Waals surface area contributed by atoms with E-state index in [2.05, 4.69) is 27.9 Å². The molecule has 0 spiro atoms. The Bertz CT molecular complexity index is 402. The van der Waals surface area contributed by atoms with Crippen LogP contribution >= 0.6 is 22.6 Å². The van der Waals surface area contributed by atoms with E-state index in [1.807, 2.05) is 36.2 Å². The van der Waals surface area contributed by atoms with Gasteiger partial charge >= 0.3 is 0 Å². The van der Waals surface area contributed by atoms with Gasteiger partial charge in [0.1, 0.15) is 0 Å². The zero-order valence-corrected chi connectivity index (χ0v) is 12.1. The maximum absolute atomic E-state index is 12.4. The third kappa shape index (κ3) is 2.98. The van der Waals surface area contributed by atoms with Gasteiger partial charge < -0.3 is 10.2 Å². The molecule has 1 saturated heterocycles. The van der Waals surface area contributed by atoms with Crippen LogP contribution in [0.25, 0.3) is 0 Å². The van der Waals surface area contributed by atoms with Gasteiger partial charge in [0.05, 0.1) is 5.56 Å². The standard InChI is InChI=1S/C13H17IN2O/c1-16(10-6-8-15-9-7-10)13(17)11-4-2-3-5-12(11)14/h2-5,10,15H,6-9H2,1H3. The number of nitrogens with zero attached hydrogens (tertiary/aromatic N) is 1. The van der Waals surface area contributed by atoms with Crippen molar-refractivity contribution >= 4 is 28.5 Å². The van der Waals surface area contributed by atoms with E-state index < -0.39 is 0 Å². The SMILES string of the molecule is CN(C(=O)c1ccccc1I)C1CCNCC1. The topological polar surface area (TPSA) is 32.3 Å². The van der Waals surface area contributed by atoms with Crippen LogP contribution in [-0.2, 0) is 0 Å². The molecule has 0 saturated carbocycles. The van der Waals surface area contributed by atoms with Crippen LogP contribution in [0.1, 0.15) is 23.2 Å². The van der Waals surface area contributed by atoms with Crippen molar-refractivity contribution in [1.29, 1.82) is 0 Å². The summed E-state index contributed by atoms with van der Waals surface area (Å²) in [5.41, 5.74) is 0.814. The van der Waals surface area contributed by atoms with Crippen LogP contribution in [0.15, 0.2) is 24.3 Å².